The van der Waals surface area contributed by atoms with E-state index in [1.807, 2.05) is 6.07 Å². The molecule has 0 amide bonds. The van der Waals surface area contributed by atoms with E-state index in [2.05, 4.69) is 46.3 Å². The van der Waals surface area contributed by atoms with E-state index in [1.165, 1.54) is 22.5 Å². The number of hydrogen-bond acceptors (Lipinski definition) is 6. The molecule has 4 heterocycles. The summed E-state index contributed by atoms with van der Waals surface area (Å²) in [5, 5.41) is 12.8. The van der Waals surface area contributed by atoms with Crippen LogP contribution >= 0.6 is 0 Å². The Morgan fingerprint density at radius 1 is 1.18 bits per heavy atom. The molecule has 1 fully saturated rings. The average molecular weight is 375 g/mol. The highest BCUT2D eigenvalue weighted by molar-refractivity contribution is 5.66. The first-order valence-electron chi connectivity index (χ1n) is 10.1. The highest BCUT2D eigenvalue weighted by Crippen LogP contribution is 2.40. The van der Waals surface area contributed by atoms with Crippen LogP contribution in [-0.4, -0.2) is 44.3 Å². The third-order valence-electron chi connectivity index (χ3n) is 6.06. The lowest BCUT2D eigenvalue weighted by Gasteiger charge is -2.36. The molecule has 5 rings (SSSR count). The van der Waals surface area contributed by atoms with Crippen LogP contribution in [0.25, 0.3) is 0 Å². The van der Waals surface area contributed by atoms with Crippen molar-refractivity contribution in [2.45, 2.75) is 25.8 Å². The molecule has 1 atom stereocenters. The number of rotatable bonds is 2. The van der Waals surface area contributed by atoms with Gasteiger partial charge in [0.15, 0.2) is 0 Å². The zero-order valence-electron chi connectivity index (χ0n) is 16.2. The summed E-state index contributed by atoms with van der Waals surface area (Å²) in [5.41, 5.74) is 5.56. The molecule has 3 aliphatic heterocycles. The molecule has 1 unspecified atom stereocenters. The number of aromatic nitrogens is 1. The van der Waals surface area contributed by atoms with Gasteiger partial charge in [0.1, 0.15) is 17.6 Å². The number of piperazine rings is 1. The van der Waals surface area contributed by atoms with Crippen LogP contribution < -0.4 is 19.9 Å². The Hall–Kier alpha value is -2.78. The Morgan fingerprint density at radius 2 is 2.04 bits per heavy atom. The molecule has 0 aliphatic carbocycles. The summed E-state index contributed by atoms with van der Waals surface area (Å²) >= 11 is 0. The Kier molecular flexibility index (Phi) is 4.33. The van der Waals surface area contributed by atoms with Crippen molar-refractivity contribution in [1.29, 1.82) is 5.26 Å². The van der Waals surface area contributed by atoms with Gasteiger partial charge >= 0.3 is 0 Å². The fourth-order valence-corrected chi connectivity index (χ4v) is 4.66. The van der Waals surface area contributed by atoms with Gasteiger partial charge in [-0.3, -0.25) is 0 Å². The minimum atomic E-state index is 0.361. The van der Waals surface area contributed by atoms with Crippen molar-refractivity contribution in [3.63, 3.8) is 0 Å². The standard InChI is InChI=1S/C22H25N5O/c1-15-13-27(19-4-2-16(12-23)22-18(19)6-11-28-22)14-17-3-5-20(25-21(15)17)26-9-7-24-8-10-26/h2-5,15,24H,6-11,13-14H2,1H3. The second-order valence-electron chi connectivity index (χ2n) is 7.88. The Morgan fingerprint density at radius 3 is 2.86 bits per heavy atom. The molecular formula is C22H25N5O. The Bertz CT molecular complexity index is 945. The van der Waals surface area contributed by atoms with Crippen LogP contribution in [-0.2, 0) is 13.0 Å². The van der Waals surface area contributed by atoms with Crippen LogP contribution in [0.4, 0.5) is 11.5 Å². The first-order chi connectivity index (χ1) is 13.7. The summed E-state index contributed by atoms with van der Waals surface area (Å²) in [4.78, 5) is 9.85. The number of anilines is 2. The third kappa shape index (κ3) is 2.87. The van der Waals surface area contributed by atoms with Gasteiger partial charge in [-0.25, -0.2) is 4.98 Å². The molecule has 1 aromatic carbocycles. The minimum Gasteiger partial charge on any atom is -0.491 e. The molecule has 6 nitrogen and oxygen atoms in total. The zero-order chi connectivity index (χ0) is 19.1. The summed E-state index contributed by atoms with van der Waals surface area (Å²) in [6.07, 6.45) is 0.873. The molecule has 1 aromatic heterocycles. The maximum absolute atomic E-state index is 9.35. The minimum absolute atomic E-state index is 0.361. The van der Waals surface area contributed by atoms with E-state index >= 15 is 0 Å². The van der Waals surface area contributed by atoms with Gasteiger partial charge in [-0.15, -0.1) is 0 Å². The lowest BCUT2D eigenvalue weighted by molar-refractivity contribution is 0.356. The van der Waals surface area contributed by atoms with E-state index < -0.39 is 0 Å². The molecule has 0 spiro atoms. The zero-order valence-corrected chi connectivity index (χ0v) is 16.2. The summed E-state index contributed by atoms with van der Waals surface area (Å²) < 4.78 is 5.76. The molecule has 0 saturated carbocycles. The van der Waals surface area contributed by atoms with Crippen LogP contribution in [0.2, 0.25) is 0 Å². The Balaban J connectivity index is 1.45. The Labute approximate surface area is 165 Å². The predicted octanol–water partition coefficient (Wildman–Crippen LogP) is 2.42. The molecule has 6 heteroatoms. The molecule has 1 saturated heterocycles. The average Bonchev–Trinajstić information content (AvgIpc) is 3.23. The maximum atomic E-state index is 9.35. The van der Waals surface area contributed by atoms with Gasteiger partial charge in [0.25, 0.3) is 0 Å². The van der Waals surface area contributed by atoms with Crippen molar-refractivity contribution in [2.24, 2.45) is 0 Å². The number of nitrogens with zero attached hydrogens (tertiary/aromatic N) is 4. The van der Waals surface area contributed by atoms with Gasteiger partial charge < -0.3 is 19.9 Å². The molecule has 3 aliphatic rings. The van der Waals surface area contributed by atoms with E-state index in [9.17, 15) is 5.26 Å². The van der Waals surface area contributed by atoms with Crippen molar-refractivity contribution in [2.75, 3.05) is 49.1 Å². The SMILES string of the molecule is CC1CN(c2ccc(C#N)c3c2CCO3)Cc2ccc(N3CCNCC3)nc21. The summed E-state index contributed by atoms with van der Waals surface area (Å²) in [6, 6.07) is 10.7. The van der Waals surface area contributed by atoms with Crippen molar-refractivity contribution in [3.05, 3.63) is 46.6 Å². The second kappa shape index (κ2) is 6.99. The van der Waals surface area contributed by atoms with E-state index in [-0.39, 0.29) is 0 Å². The first-order valence-corrected chi connectivity index (χ1v) is 10.1. The van der Waals surface area contributed by atoms with Gasteiger partial charge in [-0.2, -0.15) is 5.26 Å². The number of nitrogens with one attached hydrogen (secondary N) is 1. The largest absolute Gasteiger partial charge is 0.491 e. The number of hydrogen-bond donors (Lipinski definition) is 1. The molecule has 2 aromatic rings. The molecular weight excluding hydrogens is 350 g/mol. The van der Waals surface area contributed by atoms with Gasteiger partial charge in [0, 0.05) is 62.9 Å². The van der Waals surface area contributed by atoms with Crippen LogP contribution in [0, 0.1) is 11.3 Å². The quantitative estimate of drug-likeness (QED) is 0.870. The number of nitriles is 1. The maximum Gasteiger partial charge on any atom is 0.142 e. The van der Waals surface area contributed by atoms with Gasteiger partial charge in [0.05, 0.1) is 17.9 Å². The molecule has 144 valence electrons. The predicted molar refractivity (Wildman–Crippen MR) is 109 cm³/mol. The van der Waals surface area contributed by atoms with Crippen LogP contribution in [0.3, 0.4) is 0 Å². The topological polar surface area (TPSA) is 64.4 Å². The van der Waals surface area contributed by atoms with Gasteiger partial charge in [-0.05, 0) is 23.8 Å². The van der Waals surface area contributed by atoms with Crippen molar-refractivity contribution >= 4 is 11.5 Å². The molecule has 0 radical (unpaired) electrons. The highest BCUT2D eigenvalue weighted by Gasteiger charge is 2.29. The fourth-order valence-electron chi connectivity index (χ4n) is 4.66. The number of ether oxygens (including phenoxy) is 1. The van der Waals surface area contributed by atoms with Crippen LogP contribution in [0.15, 0.2) is 24.3 Å². The molecule has 28 heavy (non-hydrogen) atoms. The molecule has 1 N–H and O–H groups in total. The highest BCUT2D eigenvalue weighted by atomic mass is 16.5. The van der Waals surface area contributed by atoms with E-state index in [0.717, 1.165) is 57.3 Å². The number of pyridine rings is 1. The molecule has 0 bridgehead atoms. The summed E-state index contributed by atoms with van der Waals surface area (Å²) in [6.45, 7) is 8.79. The van der Waals surface area contributed by atoms with Crippen molar-refractivity contribution in [1.82, 2.24) is 10.3 Å². The number of benzene rings is 1. The smallest absolute Gasteiger partial charge is 0.142 e. The summed E-state index contributed by atoms with van der Waals surface area (Å²) in [7, 11) is 0. The lowest BCUT2D eigenvalue weighted by atomic mass is 9.94. The first kappa shape index (κ1) is 17.3. The lowest BCUT2D eigenvalue weighted by Crippen LogP contribution is -2.44. The fraction of sp³-hybridized carbons (Fsp3) is 0.455. The third-order valence-corrected chi connectivity index (χ3v) is 6.06. The van der Waals surface area contributed by atoms with Crippen LogP contribution in [0.1, 0.15) is 35.2 Å². The van der Waals surface area contributed by atoms with Crippen LogP contribution in [0.5, 0.6) is 5.75 Å². The normalized spacial score (nSPS) is 20.9. The van der Waals surface area contributed by atoms with Crippen molar-refractivity contribution < 1.29 is 4.74 Å². The summed E-state index contributed by atoms with van der Waals surface area (Å²) in [5.74, 6) is 2.25. The van der Waals surface area contributed by atoms with E-state index in [0.29, 0.717) is 18.1 Å². The number of fused-ring (bicyclic) bond motifs is 2. The van der Waals surface area contributed by atoms with Gasteiger partial charge in [-0.1, -0.05) is 13.0 Å². The van der Waals surface area contributed by atoms with Gasteiger partial charge in [0.2, 0.25) is 0 Å². The monoisotopic (exact) mass is 375 g/mol. The second-order valence-corrected chi connectivity index (χ2v) is 7.88. The van der Waals surface area contributed by atoms with E-state index in [1.54, 1.807) is 0 Å². The van der Waals surface area contributed by atoms with E-state index in [4.69, 9.17) is 9.72 Å². The van der Waals surface area contributed by atoms with Crippen molar-refractivity contribution in [3.8, 4) is 11.8 Å².